The first kappa shape index (κ1) is 16.5. The fourth-order valence-corrected chi connectivity index (χ4v) is 3.56. The highest BCUT2D eigenvalue weighted by molar-refractivity contribution is 6.36. The Balaban J connectivity index is 1.92. The number of rotatable bonds is 2. The smallest absolute Gasteiger partial charge is 0.146 e. The van der Waals surface area contributed by atoms with E-state index in [4.69, 9.17) is 39.8 Å². The van der Waals surface area contributed by atoms with Crippen LogP contribution in [0.3, 0.4) is 0 Å². The van der Waals surface area contributed by atoms with Gasteiger partial charge in [0.05, 0.1) is 5.71 Å². The van der Waals surface area contributed by atoms with Crippen LogP contribution >= 0.6 is 34.8 Å². The molecule has 0 aromatic heterocycles. The summed E-state index contributed by atoms with van der Waals surface area (Å²) in [4.78, 5) is 4.90. The average molecular weight is 388 g/mol. The zero-order chi connectivity index (χ0) is 17.4. The van der Waals surface area contributed by atoms with Gasteiger partial charge in [0.15, 0.2) is 0 Å². The molecule has 1 unspecified atom stereocenters. The SMILES string of the molecule is Clc1ccc2c(c1)C(c1ccccc1Cl)=NC(c1ccccc1Cl)N2. The lowest BCUT2D eigenvalue weighted by molar-refractivity contribution is 0.828. The van der Waals surface area contributed by atoms with Crippen molar-refractivity contribution in [2.24, 2.45) is 4.99 Å². The Hall–Kier alpha value is -2.00. The molecule has 0 radical (unpaired) electrons. The summed E-state index contributed by atoms with van der Waals surface area (Å²) in [5.74, 6) is 0. The molecule has 1 aliphatic rings. The zero-order valence-corrected chi connectivity index (χ0v) is 15.3. The van der Waals surface area contributed by atoms with Crippen molar-refractivity contribution in [1.29, 1.82) is 0 Å². The van der Waals surface area contributed by atoms with Gasteiger partial charge in [-0.15, -0.1) is 0 Å². The van der Waals surface area contributed by atoms with Gasteiger partial charge in [-0.05, 0) is 30.3 Å². The van der Waals surface area contributed by atoms with Crippen LogP contribution in [0.5, 0.6) is 0 Å². The predicted octanol–water partition coefficient (Wildman–Crippen LogP) is 6.61. The van der Waals surface area contributed by atoms with Crippen LogP contribution in [-0.2, 0) is 0 Å². The lowest BCUT2D eigenvalue weighted by Crippen LogP contribution is -2.21. The molecular weight excluding hydrogens is 375 g/mol. The van der Waals surface area contributed by atoms with Crippen molar-refractivity contribution >= 4 is 46.2 Å². The van der Waals surface area contributed by atoms with Crippen molar-refractivity contribution < 1.29 is 0 Å². The quantitative estimate of drug-likeness (QED) is 0.525. The molecule has 0 saturated carbocycles. The van der Waals surface area contributed by atoms with E-state index in [1.165, 1.54) is 0 Å². The Labute approximate surface area is 161 Å². The molecule has 1 aliphatic heterocycles. The van der Waals surface area contributed by atoms with Crippen molar-refractivity contribution in [1.82, 2.24) is 0 Å². The predicted molar refractivity (Wildman–Crippen MR) is 106 cm³/mol. The van der Waals surface area contributed by atoms with E-state index in [1.807, 2.05) is 66.7 Å². The third kappa shape index (κ3) is 3.13. The topological polar surface area (TPSA) is 24.4 Å². The number of aliphatic imine (C=N–C) groups is 1. The fraction of sp³-hybridized carbons (Fsp3) is 0.0500. The molecule has 0 bridgehead atoms. The van der Waals surface area contributed by atoms with Crippen LogP contribution < -0.4 is 5.32 Å². The molecule has 3 aromatic carbocycles. The molecule has 1 heterocycles. The van der Waals surface area contributed by atoms with Crippen LogP contribution in [0.4, 0.5) is 5.69 Å². The molecule has 25 heavy (non-hydrogen) atoms. The summed E-state index contributed by atoms with van der Waals surface area (Å²) in [5, 5.41) is 5.39. The van der Waals surface area contributed by atoms with E-state index in [0.717, 1.165) is 28.1 Å². The first-order valence-electron chi connectivity index (χ1n) is 7.77. The maximum absolute atomic E-state index is 6.43. The summed E-state index contributed by atoms with van der Waals surface area (Å²) in [7, 11) is 0. The number of fused-ring (bicyclic) bond motifs is 1. The molecule has 0 aliphatic carbocycles. The van der Waals surface area contributed by atoms with Crippen molar-refractivity contribution in [3.63, 3.8) is 0 Å². The number of hydrogen-bond acceptors (Lipinski definition) is 2. The largest absolute Gasteiger partial charge is 0.359 e. The Bertz CT molecular complexity index is 982. The highest BCUT2D eigenvalue weighted by Gasteiger charge is 2.25. The van der Waals surface area contributed by atoms with Crippen molar-refractivity contribution in [3.05, 3.63) is 98.5 Å². The Morgan fingerprint density at radius 1 is 0.760 bits per heavy atom. The third-order valence-electron chi connectivity index (χ3n) is 4.12. The normalized spacial score (nSPS) is 16.0. The summed E-state index contributed by atoms with van der Waals surface area (Å²) < 4.78 is 0. The van der Waals surface area contributed by atoms with Gasteiger partial charge in [0.25, 0.3) is 0 Å². The molecule has 124 valence electrons. The summed E-state index contributed by atoms with van der Waals surface area (Å²) in [6, 6.07) is 21.0. The lowest BCUT2D eigenvalue weighted by atomic mass is 9.97. The number of nitrogens with zero attached hydrogens (tertiary/aromatic N) is 1. The summed E-state index contributed by atoms with van der Waals surface area (Å²) in [5.41, 5.74) is 4.44. The zero-order valence-electron chi connectivity index (χ0n) is 13.0. The molecule has 4 rings (SSSR count). The van der Waals surface area contributed by atoms with Crippen LogP contribution in [-0.4, -0.2) is 5.71 Å². The van der Waals surface area contributed by atoms with E-state index in [9.17, 15) is 0 Å². The summed E-state index contributed by atoms with van der Waals surface area (Å²) >= 11 is 19.0. The molecule has 0 saturated heterocycles. The number of nitrogens with one attached hydrogen (secondary N) is 1. The van der Waals surface area contributed by atoms with Crippen LogP contribution in [0, 0.1) is 0 Å². The molecule has 1 N–H and O–H groups in total. The van der Waals surface area contributed by atoms with E-state index < -0.39 is 0 Å². The van der Waals surface area contributed by atoms with Crippen molar-refractivity contribution in [2.75, 3.05) is 5.32 Å². The van der Waals surface area contributed by atoms with Gasteiger partial charge in [-0.1, -0.05) is 71.2 Å². The van der Waals surface area contributed by atoms with Gasteiger partial charge in [-0.3, -0.25) is 4.99 Å². The van der Waals surface area contributed by atoms with E-state index in [2.05, 4.69) is 5.32 Å². The second-order valence-electron chi connectivity index (χ2n) is 5.72. The Morgan fingerprint density at radius 2 is 1.48 bits per heavy atom. The third-order valence-corrected chi connectivity index (χ3v) is 5.02. The maximum Gasteiger partial charge on any atom is 0.146 e. The second-order valence-corrected chi connectivity index (χ2v) is 6.97. The number of halogens is 3. The van der Waals surface area contributed by atoms with Gasteiger partial charge in [0.2, 0.25) is 0 Å². The molecule has 3 aromatic rings. The second kappa shape index (κ2) is 6.72. The molecule has 2 nitrogen and oxygen atoms in total. The van der Waals surface area contributed by atoms with Crippen molar-refractivity contribution in [2.45, 2.75) is 6.17 Å². The Kier molecular flexibility index (Phi) is 4.43. The maximum atomic E-state index is 6.43. The molecule has 0 amide bonds. The molecule has 0 fully saturated rings. The molecule has 5 heteroatoms. The summed E-state index contributed by atoms with van der Waals surface area (Å²) in [6.07, 6.45) is -0.298. The minimum Gasteiger partial charge on any atom is -0.359 e. The van der Waals surface area contributed by atoms with E-state index in [0.29, 0.717) is 15.1 Å². The van der Waals surface area contributed by atoms with E-state index in [1.54, 1.807) is 0 Å². The highest BCUT2D eigenvalue weighted by Crippen LogP contribution is 2.36. The monoisotopic (exact) mass is 386 g/mol. The lowest BCUT2D eigenvalue weighted by Gasteiger charge is -2.27. The number of anilines is 1. The molecular formula is C20H13Cl3N2. The minimum atomic E-state index is -0.298. The van der Waals surface area contributed by atoms with Crippen LogP contribution in [0.25, 0.3) is 0 Å². The van der Waals surface area contributed by atoms with Gasteiger partial charge < -0.3 is 5.32 Å². The number of benzene rings is 3. The molecule has 1 atom stereocenters. The van der Waals surface area contributed by atoms with Gasteiger partial charge >= 0.3 is 0 Å². The standard InChI is InChI=1S/C20H13Cl3N2/c21-12-9-10-18-15(11-12)19(13-5-1-3-7-16(13)22)25-20(24-18)14-6-2-4-8-17(14)23/h1-11,20,24H. The van der Waals surface area contributed by atoms with Crippen LogP contribution in [0.2, 0.25) is 15.1 Å². The minimum absolute atomic E-state index is 0.298. The molecule has 0 spiro atoms. The van der Waals surface area contributed by atoms with Crippen LogP contribution in [0.15, 0.2) is 71.7 Å². The first-order chi connectivity index (χ1) is 12.1. The van der Waals surface area contributed by atoms with Crippen molar-refractivity contribution in [3.8, 4) is 0 Å². The van der Waals surface area contributed by atoms with Crippen LogP contribution in [0.1, 0.15) is 22.9 Å². The van der Waals surface area contributed by atoms with Gasteiger partial charge in [-0.2, -0.15) is 0 Å². The summed E-state index contributed by atoms with van der Waals surface area (Å²) in [6.45, 7) is 0. The van der Waals surface area contributed by atoms with E-state index >= 15 is 0 Å². The van der Waals surface area contributed by atoms with Gasteiger partial charge in [0, 0.05) is 37.4 Å². The number of hydrogen-bond donors (Lipinski definition) is 1. The highest BCUT2D eigenvalue weighted by atomic mass is 35.5. The van der Waals surface area contributed by atoms with E-state index in [-0.39, 0.29) is 6.17 Å². The fourth-order valence-electron chi connectivity index (χ4n) is 2.93. The average Bonchev–Trinajstić information content (AvgIpc) is 2.62. The van der Waals surface area contributed by atoms with Gasteiger partial charge in [0.1, 0.15) is 6.17 Å². The Morgan fingerprint density at radius 3 is 2.24 bits per heavy atom. The first-order valence-corrected chi connectivity index (χ1v) is 8.90. The van der Waals surface area contributed by atoms with Gasteiger partial charge in [-0.25, -0.2) is 0 Å².